The number of benzene rings is 1. The van der Waals surface area contributed by atoms with E-state index in [2.05, 4.69) is 4.84 Å². The predicted octanol–water partition coefficient (Wildman–Crippen LogP) is 3.99. The SMILES string of the molecule is CC1(C)O[C@@H]2C[C@H]3C4CC=C5CC(=O)C=C[C@]5(C)[C@@]4(F)[C@@H](O)C[C@]3(C)[C@]2(C(=O)COC(=O)c2ccccc2CO[N+](=O)[O-])O1. The lowest BCUT2D eigenvalue weighted by atomic mass is 9.45. The van der Waals surface area contributed by atoms with Gasteiger partial charge in [0.1, 0.15) is 6.61 Å². The van der Waals surface area contributed by atoms with Crippen LogP contribution in [0, 0.1) is 32.8 Å². The van der Waals surface area contributed by atoms with Gasteiger partial charge in [-0.3, -0.25) is 9.59 Å². The summed E-state index contributed by atoms with van der Waals surface area (Å²) in [7, 11) is 0. The Morgan fingerprint density at radius 1 is 1.18 bits per heavy atom. The number of aliphatic hydroxyl groups excluding tert-OH is 1. The molecule has 5 aliphatic rings. The minimum absolute atomic E-state index is 0.00277. The van der Waals surface area contributed by atoms with Crippen LogP contribution in [0.1, 0.15) is 69.3 Å². The largest absolute Gasteiger partial charge is 0.454 e. The minimum Gasteiger partial charge on any atom is -0.454 e. The number of ether oxygens (including phenoxy) is 3. The first-order chi connectivity index (χ1) is 20.6. The Labute approximate surface area is 253 Å². The molecule has 12 heteroatoms. The van der Waals surface area contributed by atoms with Gasteiger partial charge < -0.3 is 24.2 Å². The van der Waals surface area contributed by atoms with Gasteiger partial charge in [-0.15, -0.1) is 10.1 Å². The standard InChI is InChI=1S/C32H36FNO10/c1-28(2)43-26-14-23-22-10-9-19-13-20(35)11-12-29(19,3)31(22,33)24(36)15-30(23,4)32(26,44-28)25(37)17-41-27(38)21-8-6-5-7-18(21)16-42-34(39)40/h5-9,11-12,22-24,26,36H,10,13-17H2,1-4H3/t22?,23-,24-,26+,29-,30-,31-,32+/m0/s1. The van der Waals surface area contributed by atoms with Gasteiger partial charge in [0.2, 0.25) is 5.78 Å². The summed E-state index contributed by atoms with van der Waals surface area (Å²) in [6.45, 7) is 5.71. The highest BCUT2D eigenvalue weighted by molar-refractivity contribution is 5.96. The quantitative estimate of drug-likeness (QED) is 0.207. The van der Waals surface area contributed by atoms with Crippen molar-refractivity contribution in [2.75, 3.05) is 6.61 Å². The van der Waals surface area contributed by atoms with Crippen LogP contribution in [0.2, 0.25) is 0 Å². The fraction of sp³-hybridized carbons (Fsp3) is 0.594. The van der Waals surface area contributed by atoms with Crippen LogP contribution in [0.3, 0.4) is 0 Å². The third kappa shape index (κ3) is 4.13. The maximum Gasteiger partial charge on any atom is 0.338 e. The van der Waals surface area contributed by atoms with Crippen molar-refractivity contribution in [3.63, 3.8) is 0 Å². The smallest absolute Gasteiger partial charge is 0.338 e. The van der Waals surface area contributed by atoms with Crippen molar-refractivity contribution >= 4 is 17.5 Å². The summed E-state index contributed by atoms with van der Waals surface area (Å²) in [5.74, 6) is -3.91. The van der Waals surface area contributed by atoms with Crippen molar-refractivity contribution in [1.29, 1.82) is 0 Å². The Bertz CT molecular complexity index is 1510. The number of hydrogen-bond acceptors (Lipinski definition) is 10. The van der Waals surface area contributed by atoms with Crippen molar-refractivity contribution in [2.45, 2.75) is 89.2 Å². The van der Waals surface area contributed by atoms with Crippen LogP contribution in [0.15, 0.2) is 48.1 Å². The zero-order valence-corrected chi connectivity index (χ0v) is 25.0. The molecule has 6 rings (SSSR count). The van der Waals surface area contributed by atoms with E-state index < -0.39 is 82.0 Å². The molecule has 0 amide bonds. The second-order valence-corrected chi connectivity index (χ2v) is 13.5. The zero-order valence-electron chi connectivity index (χ0n) is 25.0. The normalized spacial score (nSPS) is 39.8. The summed E-state index contributed by atoms with van der Waals surface area (Å²) < 4.78 is 35.8. The summed E-state index contributed by atoms with van der Waals surface area (Å²) in [5.41, 5.74) is -5.17. The second-order valence-electron chi connectivity index (χ2n) is 13.5. The number of carbonyl (C=O) groups is 3. The highest BCUT2D eigenvalue weighted by Gasteiger charge is 2.80. The number of allylic oxidation sites excluding steroid dienone is 4. The lowest BCUT2D eigenvalue weighted by molar-refractivity contribution is -0.763. The maximum atomic E-state index is 17.6. The molecule has 0 aromatic heterocycles. The Morgan fingerprint density at radius 3 is 2.64 bits per heavy atom. The number of aliphatic hydroxyl groups is 1. The number of esters is 1. The van der Waals surface area contributed by atoms with Gasteiger partial charge in [-0.1, -0.05) is 42.8 Å². The van der Waals surface area contributed by atoms with Gasteiger partial charge in [-0.25, -0.2) is 9.18 Å². The molecule has 1 aromatic carbocycles. The van der Waals surface area contributed by atoms with Crippen LogP contribution in [-0.2, 0) is 35.2 Å². The first kappa shape index (κ1) is 30.5. The number of rotatable bonds is 7. The Balaban J connectivity index is 1.31. The molecule has 0 radical (unpaired) electrons. The van der Waals surface area contributed by atoms with E-state index in [-0.39, 0.29) is 42.6 Å². The molecule has 1 aromatic rings. The van der Waals surface area contributed by atoms with Crippen LogP contribution < -0.4 is 0 Å². The van der Waals surface area contributed by atoms with E-state index in [1.165, 1.54) is 18.2 Å². The second kappa shape index (κ2) is 10.0. The fourth-order valence-corrected chi connectivity index (χ4v) is 9.00. The van der Waals surface area contributed by atoms with Crippen molar-refractivity contribution in [3.05, 3.63) is 69.3 Å². The van der Waals surface area contributed by atoms with E-state index in [0.717, 1.165) is 0 Å². The van der Waals surface area contributed by atoms with E-state index in [1.807, 2.05) is 13.0 Å². The van der Waals surface area contributed by atoms with Crippen LogP contribution in [0.4, 0.5) is 4.39 Å². The van der Waals surface area contributed by atoms with E-state index >= 15 is 4.39 Å². The molecule has 11 nitrogen and oxygen atoms in total. The molecule has 1 unspecified atom stereocenters. The number of nitrogens with zero attached hydrogens (tertiary/aromatic N) is 1. The Morgan fingerprint density at radius 2 is 1.91 bits per heavy atom. The number of hydrogen-bond donors (Lipinski definition) is 1. The van der Waals surface area contributed by atoms with Crippen LogP contribution in [0.25, 0.3) is 0 Å². The van der Waals surface area contributed by atoms with Crippen molar-refractivity contribution < 1.29 is 48.0 Å². The number of fused-ring (bicyclic) bond motifs is 7. The summed E-state index contributed by atoms with van der Waals surface area (Å²) in [6.07, 6.45) is 3.11. The highest BCUT2D eigenvalue weighted by atomic mass is 19.1. The molecule has 1 N–H and O–H groups in total. The number of halogens is 1. The lowest BCUT2D eigenvalue weighted by Crippen LogP contribution is -2.69. The van der Waals surface area contributed by atoms with Gasteiger partial charge in [-0.2, -0.15) is 0 Å². The van der Waals surface area contributed by atoms with Crippen LogP contribution in [-0.4, -0.2) is 63.6 Å². The first-order valence-electron chi connectivity index (χ1n) is 14.8. The summed E-state index contributed by atoms with van der Waals surface area (Å²) in [4.78, 5) is 54.6. The van der Waals surface area contributed by atoms with Gasteiger partial charge in [0.05, 0.1) is 17.8 Å². The third-order valence-electron chi connectivity index (χ3n) is 10.9. The predicted molar refractivity (Wildman–Crippen MR) is 150 cm³/mol. The minimum atomic E-state index is -2.10. The molecule has 236 valence electrons. The molecule has 44 heavy (non-hydrogen) atoms. The Kier molecular flexibility index (Phi) is 6.95. The maximum absolute atomic E-state index is 17.6. The molecule has 1 aliphatic heterocycles. The molecular weight excluding hydrogens is 577 g/mol. The van der Waals surface area contributed by atoms with Crippen LogP contribution >= 0.6 is 0 Å². The van der Waals surface area contributed by atoms with E-state index in [1.54, 1.807) is 39.0 Å². The van der Waals surface area contributed by atoms with Crippen molar-refractivity contribution in [2.24, 2.45) is 22.7 Å². The average molecular weight is 614 g/mol. The van der Waals surface area contributed by atoms with Crippen molar-refractivity contribution in [3.8, 4) is 0 Å². The number of alkyl halides is 1. The van der Waals surface area contributed by atoms with E-state index in [0.29, 0.717) is 5.57 Å². The lowest BCUT2D eigenvalue weighted by Gasteiger charge is -2.62. The first-order valence-corrected chi connectivity index (χ1v) is 14.8. The van der Waals surface area contributed by atoms with Gasteiger partial charge in [0, 0.05) is 23.2 Å². The molecule has 1 heterocycles. The molecular formula is C32H36FNO10. The molecule has 0 spiro atoms. The zero-order chi connectivity index (χ0) is 31.9. The summed E-state index contributed by atoms with van der Waals surface area (Å²) in [5, 5.41) is 21.4. The van der Waals surface area contributed by atoms with Gasteiger partial charge in [0.15, 0.2) is 29.4 Å². The molecule has 1 saturated heterocycles. The van der Waals surface area contributed by atoms with Gasteiger partial charge in [0.25, 0.3) is 5.09 Å². The Hall–Kier alpha value is -3.48. The fourth-order valence-electron chi connectivity index (χ4n) is 9.00. The topological polar surface area (TPSA) is 152 Å². The average Bonchev–Trinajstić information content (AvgIpc) is 3.37. The van der Waals surface area contributed by atoms with Crippen molar-refractivity contribution in [1.82, 2.24) is 0 Å². The van der Waals surface area contributed by atoms with Gasteiger partial charge >= 0.3 is 5.97 Å². The molecule has 8 atom stereocenters. The van der Waals surface area contributed by atoms with E-state index in [9.17, 15) is 29.6 Å². The molecule has 4 aliphatic carbocycles. The number of carbonyl (C=O) groups excluding carboxylic acids is 3. The number of ketones is 2. The summed E-state index contributed by atoms with van der Waals surface area (Å²) in [6, 6.07) is 6.02. The van der Waals surface area contributed by atoms with E-state index in [4.69, 9.17) is 14.2 Å². The molecule has 0 bridgehead atoms. The third-order valence-corrected chi connectivity index (χ3v) is 10.9. The van der Waals surface area contributed by atoms with Crippen LogP contribution in [0.5, 0.6) is 0 Å². The molecule has 3 fully saturated rings. The molecule has 2 saturated carbocycles. The number of Topliss-reactive ketones (excluding diaryl/α,β-unsaturated/α-hetero) is 1. The highest BCUT2D eigenvalue weighted by Crippen LogP contribution is 2.71. The van der Waals surface area contributed by atoms with Gasteiger partial charge in [-0.05, 0) is 63.7 Å². The monoisotopic (exact) mass is 613 g/mol. The summed E-state index contributed by atoms with van der Waals surface area (Å²) >= 11 is 0.